The number of anilines is 1. The van der Waals surface area contributed by atoms with Crippen LogP contribution in [0.15, 0.2) is 18.2 Å². The summed E-state index contributed by atoms with van der Waals surface area (Å²) in [5, 5.41) is 11.1. The Kier molecular flexibility index (Phi) is 2.72. The molecule has 1 heterocycles. The van der Waals surface area contributed by atoms with Gasteiger partial charge in [0.05, 0.1) is 22.8 Å². The van der Waals surface area contributed by atoms with Gasteiger partial charge in [0.25, 0.3) is 5.91 Å². The third-order valence-electron chi connectivity index (χ3n) is 2.28. The van der Waals surface area contributed by atoms with Crippen LogP contribution < -0.4 is 10.2 Å². The number of halogens is 1. The zero-order valence-electron chi connectivity index (χ0n) is 8.44. The number of aromatic carboxylic acids is 1. The topological polar surface area (TPSA) is 86.7 Å². The molecule has 0 bridgehead atoms. The van der Waals surface area contributed by atoms with Gasteiger partial charge in [0.15, 0.2) is 0 Å². The van der Waals surface area contributed by atoms with E-state index in [-0.39, 0.29) is 22.8 Å². The lowest BCUT2D eigenvalue weighted by molar-refractivity contribution is -0.115. The van der Waals surface area contributed by atoms with E-state index in [9.17, 15) is 14.4 Å². The molecule has 0 radical (unpaired) electrons. The van der Waals surface area contributed by atoms with E-state index in [2.05, 4.69) is 5.32 Å². The molecule has 1 aliphatic rings. The van der Waals surface area contributed by atoms with Crippen molar-refractivity contribution in [2.45, 2.75) is 0 Å². The monoisotopic (exact) mass is 254 g/mol. The first-order valence-electron chi connectivity index (χ1n) is 4.64. The standard InChI is InChI=1S/C10H7ClN2O4/c11-7-3-5(1-2-6(7)9(15)16)13-8(14)4-12-10(13)17/h1-3H,4H2,(H,12,17)(H,15,16). The van der Waals surface area contributed by atoms with Gasteiger partial charge in [0.2, 0.25) is 0 Å². The highest BCUT2D eigenvalue weighted by Gasteiger charge is 2.30. The maximum absolute atomic E-state index is 11.4. The number of amides is 3. The largest absolute Gasteiger partial charge is 0.478 e. The summed E-state index contributed by atoms with van der Waals surface area (Å²) in [6.07, 6.45) is 0. The minimum Gasteiger partial charge on any atom is -0.478 e. The average molecular weight is 255 g/mol. The number of carbonyl (C=O) groups is 3. The van der Waals surface area contributed by atoms with Crippen molar-refractivity contribution in [3.63, 3.8) is 0 Å². The molecule has 2 rings (SSSR count). The Hall–Kier alpha value is -2.08. The molecule has 3 amide bonds. The first kappa shape index (κ1) is 11.4. The zero-order chi connectivity index (χ0) is 12.6. The third kappa shape index (κ3) is 1.94. The van der Waals surface area contributed by atoms with E-state index in [1.165, 1.54) is 18.2 Å². The van der Waals surface area contributed by atoms with Crippen LogP contribution in [0.4, 0.5) is 10.5 Å². The number of urea groups is 1. The van der Waals surface area contributed by atoms with Crippen molar-refractivity contribution in [3.8, 4) is 0 Å². The van der Waals surface area contributed by atoms with Crippen LogP contribution >= 0.6 is 11.6 Å². The Labute approximate surface area is 101 Å². The number of carboxylic acids is 1. The van der Waals surface area contributed by atoms with Gasteiger partial charge < -0.3 is 10.4 Å². The molecule has 0 saturated carbocycles. The molecule has 1 aliphatic heterocycles. The van der Waals surface area contributed by atoms with E-state index < -0.39 is 17.9 Å². The summed E-state index contributed by atoms with van der Waals surface area (Å²) in [4.78, 5) is 34.4. The van der Waals surface area contributed by atoms with Gasteiger partial charge in [-0.25, -0.2) is 14.5 Å². The van der Waals surface area contributed by atoms with Crippen LogP contribution in [-0.4, -0.2) is 29.6 Å². The molecule has 1 aromatic carbocycles. The van der Waals surface area contributed by atoms with Gasteiger partial charge in [0, 0.05) is 0 Å². The minimum atomic E-state index is -1.17. The summed E-state index contributed by atoms with van der Waals surface area (Å²) >= 11 is 5.75. The van der Waals surface area contributed by atoms with Crippen LogP contribution in [0, 0.1) is 0 Å². The Bertz CT molecular complexity index is 513. The van der Waals surface area contributed by atoms with Crippen molar-refractivity contribution in [2.75, 3.05) is 11.4 Å². The number of carbonyl (C=O) groups excluding carboxylic acids is 2. The van der Waals surface area contributed by atoms with Crippen molar-refractivity contribution in [3.05, 3.63) is 28.8 Å². The fourth-order valence-electron chi connectivity index (χ4n) is 1.50. The predicted octanol–water partition coefficient (Wildman–Crippen LogP) is 1.09. The van der Waals surface area contributed by atoms with Gasteiger partial charge in [-0.2, -0.15) is 0 Å². The second-order valence-electron chi connectivity index (χ2n) is 3.36. The Morgan fingerprint density at radius 1 is 1.41 bits per heavy atom. The smallest absolute Gasteiger partial charge is 0.337 e. The number of rotatable bonds is 2. The van der Waals surface area contributed by atoms with Crippen LogP contribution in [0.3, 0.4) is 0 Å². The summed E-state index contributed by atoms with van der Waals surface area (Å²) in [5.74, 6) is -1.58. The fraction of sp³-hybridized carbons (Fsp3) is 0.100. The molecule has 6 nitrogen and oxygen atoms in total. The van der Waals surface area contributed by atoms with Crippen LogP contribution in [0.1, 0.15) is 10.4 Å². The van der Waals surface area contributed by atoms with E-state index in [0.717, 1.165) is 4.90 Å². The number of nitrogens with zero attached hydrogens (tertiary/aromatic N) is 1. The number of carboxylic acid groups (broad SMARTS) is 1. The van der Waals surface area contributed by atoms with E-state index >= 15 is 0 Å². The number of imide groups is 1. The third-order valence-corrected chi connectivity index (χ3v) is 2.60. The molecule has 7 heteroatoms. The first-order valence-corrected chi connectivity index (χ1v) is 5.02. The molecule has 0 atom stereocenters. The molecule has 1 fully saturated rings. The molecule has 0 aromatic heterocycles. The minimum absolute atomic E-state index is 0.0255. The molecule has 0 spiro atoms. The molecular formula is C10H7ClN2O4. The van der Waals surface area contributed by atoms with Gasteiger partial charge in [-0.1, -0.05) is 11.6 Å². The second-order valence-corrected chi connectivity index (χ2v) is 3.76. The summed E-state index contributed by atoms with van der Waals surface area (Å²) in [7, 11) is 0. The lowest BCUT2D eigenvalue weighted by Crippen LogP contribution is -2.30. The highest BCUT2D eigenvalue weighted by Crippen LogP contribution is 2.25. The summed E-state index contributed by atoms with van der Waals surface area (Å²) in [6.45, 7) is -0.0723. The average Bonchev–Trinajstić information content (AvgIpc) is 2.58. The van der Waals surface area contributed by atoms with Gasteiger partial charge in [-0.3, -0.25) is 4.79 Å². The van der Waals surface area contributed by atoms with E-state index in [4.69, 9.17) is 16.7 Å². The van der Waals surface area contributed by atoms with Gasteiger partial charge in [0.1, 0.15) is 0 Å². The SMILES string of the molecule is O=C(O)c1ccc(N2C(=O)CNC2=O)cc1Cl. The van der Waals surface area contributed by atoms with Crippen molar-refractivity contribution in [1.29, 1.82) is 0 Å². The summed E-state index contributed by atoms with van der Waals surface area (Å²) < 4.78 is 0. The zero-order valence-corrected chi connectivity index (χ0v) is 9.19. The maximum atomic E-state index is 11.4. The first-order chi connectivity index (χ1) is 8.00. The molecule has 1 aromatic rings. The normalized spacial score (nSPS) is 15.0. The Morgan fingerprint density at radius 3 is 2.59 bits per heavy atom. The fourth-order valence-corrected chi connectivity index (χ4v) is 1.76. The highest BCUT2D eigenvalue weighted by atomic mass is 35.5. The van der Waals surface area contributed by atoms with Crippen LogP contribution in [0.2, 0.25) is 5.02 Å². The van der Waals surface area contributed by atoms with Crippen LogP contribution in [-0.2, 0) is 4.79 Å². The Morgan fingerprint density at radius 2 is 2.12 bits per heavy atom. The quantitative estimate of drug-likeness (QED) is 0.774. The molecule has 1 saturated heterocycles. The molecule has 88 valence electrons. The molecule has 17 heavy (non-hydrogen) atoms. The van der Waals surface area contributed by atoms with Gasteiger partial charge >= 0.3 is 12.0 Å². The summed E-state index contributed by atoms with van der Waals surface area (Å²) in [5.41, 5.74) is 0.169. The molecular weight excluding hydrogens is 248 g/mol. The van der Waals surface area contributed by atoms with Crippen molar-refractivity contribution >= 4 is 35.2 Å². The van der Waals surface area contributed by atoms with E-state index in [1.54, 1.807) is 0 Å². The van der Waals surface area contributed by atoms with Gasteiger partial charge in [-0.15, -0.1) is 0 Å². The Balaban J connectivity index is 2.41. The summed E-state index contributed by atoms with van der Waals surface area (Å²) in [6, 6.07) is 3.33. The van der Waals surface area contributed by atoms with Crippen molar-refractivity contribution in [1.82, 2.24) is 5.32 Å². The van der Waals surface area contributed by atoms with Crippen molar-refractivity contribution < 1.29 is 19.5 Å². The number of hydrogen-bond donors (Lipinski definition) is 2. The van der Waals surface area contributed by atoms with E-state index in [0.29, 0.717) is 0 Å². The lowest BCUT2D eigenvalue weighted by Gasteiger charge is -2.13. The maximum Gasteiger partial charge on any atom is 0.337 e. The second kappa shape index (κ2) is 4.06. The molecule has 2 N–H and O–H groups in total. The molecule has 0 unspecified atom stereocenters. The molecule has 0 aliphatic carbocycles. The number of nitrogens with one attached hydrogen (secondary N) is 1. The van der Waals surface area contributed by atoms with Crippen LogP contribution in [0.5, 0.6) is 0 Å². The predicted molar refractivity (Wildman–Crippen MR) is 59.3 cm³/mol. The van der Waals surface area contributed by atoms with Gasteiger partial charge in [-0.05, 0) is 18.2 Å². The number of benzene rings is 1. The highest BCUT2D eigenvalue weighted by molar-refractivity contribution is 6.34. The number of hydrogen-bond acceptors (Lipinski definition) is 3. The lowest BCUT2D eigenvalue weighted by atomic mass is 10.2. The van der Waals surface area contributed by atoms with E-state index in [1.807, 2.05) is 0 Å². The van der Waals surface area contributed by atoms with Crippen molar-refractivity contribution in [2.24, 2.45) is 0 Å². The van der Waals surface area contributed by atoms with Crippen LogP contribution in [0.25, 0.3) is 0 Å².